The van der Waals surface area contributed by atoms with Crippen LogP contribution in [0.25, 0.3) is 0 Å². The summed E-state index contributed by atoms with van der Waals surface area (Å²) in [5.41, 5.74) is 2.84. The number of thioether (sulfide) groups is 1. The van der Waals surface area contributed by atoms with Crippen molar-refractivity contribution in [2.75, 3.05) is 11.5 Å². The summed E-state index contributed by atoms with van der Waals surface area (Å²) in [5.74, 6) is 3.22. The Morgan fingerprint density at radius 1 is 1.05 bits per heavy atom. The highest BCUT2D eigenvalue weighted by Crippen LogP contribution is 2.10. The zero-order chi connectivity index (χ0) is 14.1. The molecular weight excluding hydrogens is 250 g/mol. The van der Waals surface area contributed by atoms with E-state index >= 15 is 0 Å². The van der Waals surface area contributed by atoms with Gasteiger partial charge in [-0.25, -0.2) is 0 Å². The molecule has 0 aliphatic rings. The maximum absolute atomic E-state index is 3.60. The van der Waals surface area contributed by atoms with Gasteiger partial charge in [0.15, 0.2) is 0 Å². The summed E-state index contributed by atoms with van der Waals surface area (Å²) in [6.45, 7) is 10.0. The van der Waals surface area contributed by atoms with Crippen molar-refractivity contribution in [1.82, 2.24) is 5.32 Å². The number of hydrogen-bond donors (Lipinski definition) is 1. The summed E-state index contributed by atoms with van der Waals surface area (Å²) in [6, 6.07) is 9.68. The first-order valence-electron chi connectivity index (χ1n) is 7.50. The summed E-state index contributed by atoms with van der Waals surface area (Å²) in [6.07, 6.45) is 2.43. The normalized spacial score (nSPS) is 12.9. The molecule has 0 radical (unpaired) electrons. The SMILES string of the molecule is CCSCCC(C)NCc1ccc(CC(C)C)cc1. The lowest BCUT2D eigenvalue weighted by Gasteiger charge is -2.14. The van der Waals surface area contributed by atoms with E-state index in [0.717, 1.165) is 12.5 Å². The highest BCUT2D eigenvalue weighted by atomic mass is 32.2. The van der Waals surface area contributed by atoms with E-state index in [9.17, 15) is 0 Å². The Morgan fingerprint density at radius 2 is 1.68 bits per heavy atom. The monoisotopic (exact) mass is 279 g/mol. The standard InChI is InChI=1S/C17H29NS/c1-5-19-11-10-15(4)18-13-17-8-6-16(7-9-17)12-14(2)3/h6-9,14-15,18H,5,10-13H2,1-4H3. The Hall–Kier alpha value is -0.470. The smallest absolute Gasteiger partial charge is 0.0207 e. The van der Waals surface area contributed by atoms with Gasteiger partial charge in [-0.15, -0.1) is 0 Å². The molecule has 1 aromatic carbocycles. The average Bonchev–Trinajstić information content (AvgIpc) is 2.37. The molecule has 0 bridgehead atoms. The van der Waals surface area contributed by atoms with Crippen LogP contribution in [0, 0.1) is 5.92 Å². The van der Waals surface area contributed by atoms with E-state index in [0.29, 0.717) is 6.04 Å². The molecule has 1 N–H and O–H groups in total. The van der Waals surface area contributed by atoms with E-state index in [1.54, 1.807) is 0 Å². The molecule has 0 heterocycles. The van der Waals surface area contributed by atoms with Crippen molar-refractivity contribution >= 4 is 11.8 Å². The van der Waals surface area contributed by atoms with Crippen molar-refractivity contribution in [3.63, 3.8) is 0 Å². The Labute approximate surface area is 123 Å². The van der Waals surface area contributed by atoms with Crippen molar-refractivity contribution in [1.29, 1.82) is 0 Å². The van der Waals surface area contributed by atoms with Crippen molar-refractivity contribution in [2.24, 2.45) is 5.92 Å². The fraction of sp³-hybridized carbons (Fsp3) is 0.647. The van der Waals surface area contributed by atoms with E-state index in [1.807, 2.05) is 11.8 Å². The van der Waals surface area contributed by atoms with Crippen LogP contribution in [0.5, 0.6) is 0 Å². The van der Waals surface area contributed by atoms with Crippen molar-refractivity contribution in [3.05, 3.63) is 35.4 Å². The lowest BCUT2D eigenvalue weighted by molar-refractivity contribution is 0.537. The minimum Gasteiger partial charge on any atom is -0.310 e. The summed E-state index contributed by atoms with van der Waals surface area (Å²) in [4.78, 5) is 0. The lowest BCUT2D eigenvalue weighted by atomic mass is 10.0. The molecule has 1 atom stereocenters. The van der Waals surface area contributed by atoms with Crippen molar-refractivity contribution in [2.45, 2.75) is 53.1 Å². The van der Waals surface area contributed by atoms with Gasteiger partial charge in [-0.1, -0.05) is 45.0 Å². The maximum atomic E-state index is 3.60. The van der Waals surface area contributed by atoms with Gasteiger partial charge in [-0.3, -0.25) is 0 Å². The largest absolute Gasteiger partial charge is 0.310 e. The first-order chi connectivity index (χ1) is 9.11. The van der Waals surface area contributed by atoms with Crippen LogP contribution in [0.1, 0.15) is 45.2 Å². The first-order valence-corrected chi connectivity index (χ1v) is 8.66. The Bertz CT molecular complexity index is 332. The van der Waals surface area contributed by atoms with Crippen LogP contribution < -0.4 is 5.32 Å². The second-order valence-electron chi connectivity index (χ2n) is 5.68. The number of nitrogens with one attached hydrogen (secondary N) is 1. The van der Waals surface area contributed by atoms with Crippen LogP contribution in [0.4, 0.5) is 0 Å². The van der Waals surface area contributed by atoms with Gasteiger partial charge in [0.1, 0.15) is 0 Å². The average molecular weight is 279 g/mol. The van der Waals surface area contributed by atoms with Gasteiger partial charge < -0.3 is 5.32 Å². The van der Waals surface area contributed by atoms with E-state index < -0.39 is 0 Å². The molecule has 0 fully saturated rings. The molecular formula is C17H29NS. The molecule has 0 spiro atoms. The third-order valence-corrected chi connectivity index (χ3v) is 4.15. The van der Waals surface area contributed by atoms with Crippen LogP contribution in [-0.4, -0.2) is 17.5 Å². The Balaban J connectivity index is 2.29. The quantitative estimate of drug-likeness (QED) is 0.668. The van der Waals surface area contributed by atoms with Gasteiger partial charge in [-0.05, 0) is 48.3 Å². The summed E-state index contributed by atoms with van der Waals surface area (Å²) in [5, 5.41) is 3.60. The van der Waals surface area contributed by atoms with E-state index in [1.165, 1.54) is 35.5 Å². The highest BCUT2D eigenvalue weighted by Gasteiger charge is 2.02. The molecule has 0 saturated heterocycles. The predicted octanol–water partition coefficient (Wildman–Crippen LogP) is 4.51. The topological polar surface area (TPSA) is 12.0 Å². The van der Waals surface area contributed by atoms with E-state index in [2.05, 4.69) is 57.3 Å². The molecule has 0 amide bonds. The molecule has 19 heavy (non-hydrogen) atoms. The molecule has 1 nitrogen and oxygen atoms in total. The first kappa shape index (κ1) is 16.6. The third kappa shape index (κ3) is 7.64. The van der Waals surface area contributed by atoms with Crippen LogP contribution >= 0.6 is 11.8 Å². The van der Waals surface area contributed by atoms with Crippen LogP contribution in [0.15, 0.2) is 24.3 Å². The number of benzene rings is 1. The van der Waals surface area contributed by atoms with Gasteiger partial charge in [0, 0.05) is 12.6 Å². The zero-order valence-corrected chi connectivity index (χ0v) is 13.7. The van der Waals surface area contributed by atoms with Gasteiger partial charge in [0.2, 0.25) is 0 Å². The maximum Gasteiger partial charge on any atom is 0.0207 e. The molecule has 1 rings (SSSR count). The second-order valence-corrected chi connectivity index (χ2v) is 7.08. The molecule has 2 heteroatoms. The zero-order valence-electron chi connectivity index (χ0n) is 12.9. The molecule has 0 saturated carbocycles. The van der Waals surface area contributed by atoms with Crippen molar-refractivity contribution < 1.29 is 0 Å². The molecule has 1 aromatic rings. The fourth-order valence-corrected chi connectivity index (χ4v) is 2.87. The molecule has 108 valence electrons. The van der Waals surface area contributed by atoms with Gasteiger partial charge in [0.05, 0.1) is 0 Å². The molecule has 0 aliphatic heterocycles. The van der Waals surface area contributed by atoms with E-state index in [-0.39, 0.29) is 0 Å². The summed E-state index contributed by atoms with van der Waals surface area (Å²) in [7, 11) is 0. The van der Waals surface area contributed by atoms with Gasteiger partial charge in [-0.2, -0.15) is 11.8 Å². The van der Waals surface area contributed by atoms with Crippen molar-refractivity contribution in [3.8, 4) is 0 Å². The highest BCUT2D eigenvalue weighted by molar-refractivity contribution is 7.99. The van der Waals surface area contributed by atoms with Crippen LogP contribution in [0.3, 0.4) is 0 Å². The molecule has 0 aromatic heterocycles. The Kier molecular flexibility index (Phi) is 8.24. The molecule has 0 aliphatic carbocycles. The second kappa shape index (κ2) is 9.44. The van der Waals surface area contributed by atoms with Crippen LogP contribution in [-0.2, 0) is 13.0 Å². The summed E-state index contributed by atoms with van der Waals surface area (Å²) < 4.78 is 0. The minimum absolute atomic E-state index is 0.606. The van der Waals surface area contributed by atoms with Gasteiger partial charge >= 0.3 is 0 Å². The summed E-state index contributed by atoms with van der Waals surface area (Å²) >= 11 is 2.03. The van der Waals surface area contributed by atoms with E-state index in [4.69, 9.17) is 0 Å². The number of rotatable bonds is 9. The van der Waals surface area contributed by atoms with Gasteiger partial charge in [0.25, 0.3) is 0 Å². The third-order valence-electron chi connectivity index (χ3n) is 3.22. The lowest BCUT2D eigenvalue weighted by Crippen LogP contribution is -2.26. The minimum atomic E-state index is 0.606. The number of hydrogen-bond acceptors (Lipinski definition) is 2. The fourth-order valence-electron chi connectivity index (χ4n) is 2.06. The predicted molar refractivity (Wildman–Crippen MR) is 88.9 cm³/mol. The van der Waals surface area contributed by atoms with Crippen LogP contribution in [0.2, 0.25) is 0 Å². The molecule has 1 unspecified atom stereocenters. The Morgan fingerprint density at radius 3 is 2.26 bits per heavy atom.